The lowest BCUT2D eigenvalue weighted by Gasteiger charge is -2.07. The first-order chi connectivity index (χ1) is 9.95. The van der Waals surface area contributed by atoms with Gasteiger partial charge in [-0.15, -0.1) is 0 Å². The van der Waals surface area contributed by atoms with E-state index < -0.39 is 5.97 Å². The minimum absolute atomic E-state index is 0.0982. The van der Waals surface area contributed by atoms with Gasteiger partial charge in [0, 0.05) is 17.3 Å². The number of halogens is 1. The second-order valence-corrected chi connectivity index (χ2v) is 5.14. The van der Waals surface area contributed by atoms with Crippen LogP contribution in [0.3, 0.4) is 0 Å². The summed E-state index contributed by atoms with van der Waals surface area (Å²) in [7, 11) is 0. The third-order valence-corrected chi connectivity index (χ3v) is 3.31. The van der Waals surface area contributed by atoms with Crippen LogP contribution in [0.15, 0.2) is 27.2 Å². The number of carboxylic acids is 1. The average molecular weight is 354 g/mol. The summed E-state index contributed by atoms with van der Waals surface area (Å²) in [6.07, 6.45) is 0.480. The van der Waals surface area contributed by atoms with Gasteiger partial charge >= 0.3 is 5.97 Å². The molecule has 2 rings (SSSR count). The lowest BCUT2D eigenvalue weighted by molar-refractivity contribution is -0.116. The molecule has 1 aromatic heterocycles. The van der Waals surface area contributed by atoms with E-state index in [-0.39, 0.29) is 17.9 Å². The molecule has 0 aliphatic rings. The van der Waals surface area contributed by atoms with Gasteiger partial charge in [0.25, 0.3) is 0 Å². The summed E-state index contributed by atoms with van der Waals surface area (Å²) in [4.78, 5) is 26.8. The minimum atomic E-state index is -1.06. The van der Waals surface area contributed by atoms with Crippen LogP contribution in [0.2, 0.25) is 0 Å². The standard InChI is InChI=1S/C13H12BrN3O4/c1-7-15-12(21-17-7)5-4-11(18)16-10-6-8(13(19)20)2-3-9(10)14/h2-3,6H,4-5H2,1H3,(H,16,18)(H,19,20). The number of carbonyl (C=O) groups excluding carboxylic acids is 1. The summed E-state index contributed by atoms with van der Waals surface area (Å²) in [6, 6.07) is 4.41. The Morgan fingerprint density at radius 2 is 2.19 bits per heavy atom. The van der Waals surface area contributed by atoms with Crippen molar-refractivity contribution in [3.8, 4) is 0 Å². The van der Waals surface area contributed by atoms with E-state index in [0.717, 1.165) is 0 Å². The highest BCUT2D eigenvalue weighted by Crippen LogP contribution is 2.24. The largest absolute Gasteiger partial charge is 0.478 e. The molecule has 2 N–H and O–H groups in total. The van der Waals surface area contributed by atoms with Gasteiger partial charge in [-0.25, -0.2) is 4.79 Å². The number of anilines is 1. The third kappa shape index (κ3) is 4.12. The van der Waals surface area contributed by atoms with Crippen molar-refractivity contribution in [2.75, 3.05) is 5.32 Å². The van der Waals surface area contributed by atoms with Gasteiger partial charge in [0.1, 0.15) is 0 Å². The Kier molecular flexibility index (Phi) is 4.69. The molecular formula is C13H12BrN3O4. The van der Waals surface area contributed by atoms with E-state index in [1.54, 1.807) is 13.0 Å². The van der Waals surface area contributed by atoms with Gasteiger partial charge in [0.05, 0.1) is 11.3 Å². The second kappa shape index (κ2) is 6.49. The maximum atomic E-state index is 11.9. The number of carbonyl (C=O) groups is 2. The monoisotopic (exact) mass is 353 g/mol. The van der Waals surface area contributed by atoms with E-state index in [1.807, 2.05) is 0 Å². The van der Waals surface area contributed by atoms with Crippen molar-refractivity contribution in [1.82, 2.24) is 10.1 Å². The molecule has 8 heteroatoms. The molecule has 7 nitrogen and oxygen atoms in total. The zero-order valence-corrected chi connectivity index (χ0v) is 12.7. The number of rotatable bonds is 5. The summed E-state index contributed by atoms with van der Waals surface area (Å²) in [5, 5.41) is 15.2. The Morgan fingerprint density at radius 1 is 1.43 bits per heavy atom. The number of aryl methyl sites for hydroxylation is 2. The first-order valence-corrected chi connectivity index (χ1v) is 6.87. The van der Waals surface area contributed by atoms with E-state index in [0.29, 0.717) is 28.3 Å². The van der Waals surface area contributed by atoms with E-state index >= 15 is 0 Å². The summed E-state index contributed by atoms with van der Waals surface area (Å²) in [5.41, 5.74) is 0.502. The molecule has 0 aliphatic heterocycles. The lowest BCUT2D eigenvalue weighted by atomic mass is 10.2. The maximum absolute atomic E-state index is 11.9. The van der Waals surface area contributed by atoms with E-state index in [1.165, 1.54) is 12.1 Å². The van der Waals surface area contributed by atoms with Gasteiger partial charge in [-0.1, -0.05) is 5.16 Å². The number of hydrogen-bond donors (Lipinski definition) is 2. The molecule has 0 saturated carbocycles. The SMILES string of the molecule is Cc1noc(CCC(=O)Nc2cc(C(=O)O)ccc2Br)n1. The number of aromatic nitrogens is 2. The van der Waals surface area contributed by atoms with Crippen LogP contribution >= 0.6 is 15.9 Å². The number of carboxylic acid groups (broad SMARTS) is 1. The van der Waals surface area contributed by atoms with Crippen LogP contribution in [-0.4, -0.2) is 27.1 Å². The highest BCUT2D eigenvalue weighted by Gasteiger charge is 2.11. The van der Waals surface area contributed by atoms with E-state index in [2.05, 4.69) is 31.4 Å². The number of aromatic carboxylic acids is 1. The second-order valence-electron chi connectivity index (χ2n) is 4.28. The van der Waals surface area contributed by atoms with Crippen molar-refractivity contribution in [3.63, 3.8) is 0 Å². The smallest absolute Gasteiger partial charge is 0.335 e. The predicted molar refractivity (Wildman–Crippen MR) is 77.1 cm³/mol. The maximum Gasteiger partial charge on any atom is 0.335 e. The molecule has 110 valence electrons. The molecule has 0 saturated heterocycles. The molecule has 0 bridgehead atoms. The zero-order valence-electron chi connectivity index (χ0n) is 11.1. The predicted octanol–water partition coefficient (Wildman–Crippen LogP) is 2.41. The van der Waals surface area contributed by atoms with Gasteiger partial charge in [0.15, 0.2) is 5.82 Å². The third-order valence-electron chi connectivity index (χ3n) is 2.62. The van der Waals surface area contributed by atoms with Crippen molar-refractivity contribution in [1.29, 1.82) is 0 Å². The lowest BCUT2D eigenvalue weighted by Crippen LogP contribution is -2.13. The number of benzene rings is 1. The number of hydrogen-bond acceptors (Lipinski definition) is 5. The molecule has 0 fully saturated rings. The Labute approximate surface area is 128 Å². The molecule has 2 aromatic rings. The highest BCUT2D eigenvalue weighted by molar-refractivity contribution is 9.10. The molecule has 0 radical (unpaired) electrons. The zero-order chi connectivity index (χ0) is 15.4. The van der Waals surface area contributed by atoms with Crippen molar-refractivity contribution in [2.24, 2.45) is 0 Å². The fraction of sp³-hybridized carbons (Fsp3) is 0.231. The first kappa shape index (κ1) is 15.2. The first-order valence-electron chi connectivity index (χ1n) is 6.07. The molecule has 0 unspecified atom stereocenters. The highest BCUT2D eigenvalue weighted by atomic mass is 79.9. The van der Waals surface area contributed by atoms with Crippen LogP contribution in [0.25, 0.3) is 0 Å². The van der Waals surface area contributed by atoms with Crippen LogP contribution in [0.4, 0.5) is 5.69 Å². The van der Waals surface area contributed by atoms with Crippen molar-refractivity contribution >= 4 is 33.5 Å². The van der Waals surface area contributed by atoms with Gasteiger partial charge in [-0.2, -0.15) is 4.98 Å². The molecule has 0 spiro atoms. The minimum Gasteiger partial charge on any atom is -0.478 e. The fourth-order valence-electron chi connectivity index (χ4n) is 1.63. The fourth-order valence-corrected chi connectivity index (χ4v) is 1.97. The van der Waals surface area contributed by atoms with Crippen molar-refractivity contribution in [3.05, 3.63) is 40.0 Å². The average Bonchev–Trinajstić information content (AvgIpc) is 2.84. The molecule has 1 aromatic carbocycles. The van der Waals surface area contributed by atoms with E-state index in [9.17, 15) is 9.59 Å². The van der Waals surface area contributed by atoms with Gasteiger partial charge in [0.2, 0.25) is 11.8 Å². The van der Waals surface area contributed by atoms with Crippen LogP contribution < -0.4 is 5.32 Å². The number of nitrogens with zero attached hydrogens (tertiary/aromatic N) is 2. The van der Waals surface area contributed by atoms with Crippen LogP contribution in [-0.2, 0) is 11.2 Å². The Bertz CT molecular complexity index is 684. The number of amides is 1. The molecule has 0 atom stereocenters. The Balaban J connectivity index is 1.99. The molecule has 0 aliphatic carbocycles. The Hall–Kier alpha value is -2.22. The van der Waals surface area contributed by atoms with Crippen LogP contribution in [0.1, 0.15) is 28.5 Å². The molecular weight excluding hydrogens is 342 g/mol. The molecule has 1 amide bonds. The summed E-state index contributed by atoms with van der Waals surface area (Å²) in [6.45, 7) is 1.70. The number of nitrogens with one attached hydrogen (secondary N) is 1. The summed E-state index contributed by atoms with van der Waals surface area (Å²) < 4.78 is 5.52. The van der Waals surface area contributed by atoms with Gasteiger partial charge < -0.3 is 14.9 Å². The van der Waals surface area contributed by atoms with Crippen molar-refractivity contribution < 1.29 is 19.2 Å². The van der Waals surface area contributed by atoms with Gasteiger partial charge in [-0.3, -0.25) is 4.79 Å². The Morgan fingerprint density at radius 3 is 2.81 bits per heavy atom. The quantitative estimate of drug-likeness (QED) is 0.854. The molecule has 21 heavy (non-hydrogen) atoms. The van der Waals surface area contributed by atoms with Crippen molar-refractivity contribution in [2.45, 2.75) is 19.8 Å². The van der Waals surface area contributed by atoms with E-state index in [4.69, 9.17) is 9.63 Å². The summed E-state index contributed by atoms with van der Waals surface area (Å²) in [5.74, 6) is -0.420. The van der Waals surface area contributed by atoms with Gasteiger partial charge in [-0.05, 0) is 41.1 Å². The molecule has 1 heterocycles. The topological polar surface area (TPSA) is 105 Å². The summed E-state index contributed by atoms with van der Waals surface area (Å²) >= 11 is 3.26. The van der Waals surface area contributed by atoms with Crippen LogP contribution in [0, 0.1) is 6.92 Å². The van der Waals surface area contributed by atoms with Crippen LogP contribution in [0.5, 0.6) is 0 Å². The normalized spacial score (nSPS) is 10.4.